The highest BCUT2D eigenvalue weighted by Gasteiger charge is 2.12. The third kappa shape index (κ3) is 3.09. The van der Waals surface area contributed by atoms with Crippen LogP contribution in [0.4, 0.5) is 0 Å². The van der Waals surface area contributed by atoms with Crippen LogP contribution in [0.1, 0.15) is 29.0 Å². The number of carbonyl (C=O) groups is 1. The molecule has 0 unspecified atom stereocenters. The first-order chi connectivity index (χ1) is 9.10. The minimum atomic E-state index is -0.0839. The number of methoxy groups -OCH3 is 1. The van der Waals surface area contributed by atoms with Gasteiger partial charge in [-0.1, -0.05) is 5.16 Å². The van der Waals surface area contributed by atoms with Crippen LogP contribution in [0.2, 0.25) is 0 Å². The van der Waals surface area contributed by atoms with Gasteiger partial charge in [0.25, 0.3) is 5.89 Å². The maximum absolute atomic E-state index is 11.5. The molecule has 2 aromatic rings. The van der Waals surface area contributed by atoms with Crippen molar-refractivity contribution in [3.8, 4) is 11.5 Å². The number of benzene rings is 1. The van der Waals surface area contributed by atoms with Crippen molar-refractivity contribution in [2.45, 2.75) is 20.5 Å². The zero-order valence-electron chi connectivity index (χ0n) is 11.0. The molecule has 0 N–H and O–H groups in total. The molecular weight excluding hydrogens is 248 g/mol. The lowest BCUT2D eigenvalue weighted by atomic mass is 10.1. The summed E-state index contributed by atoms with van der Waals surface area (Å²) in [6, 6.07) is 5.02. The van der Waals surface area contributed by atoms with E-state index in [9.17, 15) is 4.79 Å². The number of rotatable bonds is 5. The summed E-state index contributed by atoms with van der Waals surface area (Å²) in [4.78, 5) is 15.5. The molecule has 0 aliphatic rings. The number of nitrogens with zero attached hydrogens (tertiary/aromatic N) is 2. The van der Waals surface area contributed by atoms with E-state index in [1.54, 1.807) is 32.2 Å². The SMILES string of the molecule is COc1ccc(C(C)=O)c(OCc2nc(C)no2)c1. The molecule has 0 aliphatic heterocycles. The standard InChI is InChI=1S/C13H14N2O4/c1-8(16)11-5-4-10(17-3)6-12(11)18-7-13-14-9(2)15-19-13/h4-6H,7H2,1-3H3. The fourth-order valence-electron chi connectivity index (χ4n) is 1.58. The van der Waals surface area contributed by atoms with Crippen molar-refractivity contribution < 1.29 is 18.8 Å². The Morgan fingerprint density at radius 1 is 1.42 bits per heavy atom. The quantitative estimate of drug-likeness (QED) is 0.769. The van der Waals surface area contributed by atoms with Gasteiger partial charge in [0.05, 0.1) is 12.7 Å². The minimum Gasteiger partial charge on any atom is -0.497 e. The number of ketones is 1. The van der Waals surface area contributed by atoms with E-state index >= 15 is 0 Å². The fraction of sp³-hybridized carbons (Fsp3) is 0.308. The molecule has 2 rings (SSSR count). The van der Waals surface area contributed by atoms with E-state index in [0.717, 1.165) is 0 Å². The van der Waals surface area contributed by atoms with Crippen LogP contribution < -0.4 is 9.47 Å². The molecule has 1 heterocycles. The lowest BCUT2D eigenvalue weighted by Gasteiger charge is -2.09. The molecule has 0 saturated carbocycles. The minimum absolute atomic E-state index is 0.0839. The predicted molar refractivity (Wildman–Crippen MR) is 66.4 cm³/mol. The van der Waals surface area contributed by atoms with E-state index in [2.05, 4.69) is 10.1 Å². The first-order valence-electron chi connectivity index (χ1n) is 5.71. The van der Waals surface area contributed by atoms with Crippen LogP contribution in [-0.4, -0.2) is 23.0 Å². The first-order valence-corrected chi connectivity index (χ1v) is 5.71. The second-order valence-corrected chi connectivity index (χ2v) is 3.94. The third-order valence-corrected chi connectivity index (χ3v) is 2.49. The van der Waals surface area contributed by atoms with Crippen molar-refractivity contribution >= 4 is 5.78 Å². The molecule has 0 saturated heterocycles. The number of Topliss-reactive ketones (excluding diaryl/α,β-unsaturated/α-hetero) is 1. The van der Waals surface area contributed by atoms with Gasteiger partial charge in [0.15, 0.2) is 18.2 Å². The normalized spacial score (nSPS) is 10.3. The van der Waals surface area contributed by atoms with Gasteiger partial charge in [0, 0.05) is 6.07 Å². The summed E-state index contributed by atoms with van der Waals surface area (Å²) in [6.45, 7) is 3.30. The van der Waals surface area contributed by atoms with Crippen LogP contribution in [0.5, 0.6) is 11.5 Å². The number of aromatic nitrogens is 2. The van der Waals surface area contributed by atoms with Crippen molar-refractivity contribution in [3.63, 3.8) is 0 Å². The van der Waals surface area contributed by atoms with E-state index in [1.807, 2.05) is 0 Å². The summed E-state index contributed by atoms with van der Waals surface area (Å²) in [7, 11) is 1.55. The van der Waals surface area contributed by atoms with E-state index in [0.29, 0.717) is 28.8 Å². The van der Waals surface area contributed by atoms with Gasteiger partial charge in [-0.2, -0.15) is 4.98 Å². The van der Waals surface area contributed by atoms with Crippen LogP contribution in [0.3, 0.4) is 0 Å². The Morgan fingerprint density at radius 3 is 2.79 bits per heavy atom. The molecule has 0 atom stereocenters. The zero-order valence-corrected chi connectivity index (χ0v) is 11.0. The molecule has 19 heavy (non-hydrogen) atoms. The van der Waals surface area contributed by atoms with Crippen molar-refractivity contribution in [1.82, 2.24) is 10.1 Å². The van der Waals surface area contributed by atoms with E-state index < -0.39 is 0 Å². The maximum Gasteiger partial charge on any atom is 0.264 e. The molecule has 1 aromatic heterocycles. The molecule has 0 bridgehead atoms. The second kappa shape index (κ2) is 5.51. The highest BCUT2D eigenvalue weighted by molar-refractivity contribution is 5.97. The summed E-state index contributed by atoms with van der Waals surface area (Å²) < 4.78 is 15.6. The van der Waals surface area contributed by atoms with Crippen molar-refractivity contribution in [3.05, 3.63) is 35.5 Å². The molecule has 0 aliphatic carbocycles. The van der Waals surface area contributed by atoms with E-state index in [1.165, 1.54) is 6.92 Å². The van der Waals surface area contributed by atoms with Gasteiger partial charge in [-0.05, 0) is 26.0 Å². The zero-order chi connectivity index (χ0) is 13.8. The Kier molecular flexibility index (Phi) is 3.79. The molecule has 0 radical (unpaired) electrons. The topological polar surface area (TPSA) is 74.5 Å². The molecule has 0 spiro atoms. The number of aryl methyl sites for hydroxylation is 1. The van der Waals surface area contributed by atoms with Crippen molar-refractivity contribution in [2.75, 3.05) is 7.11 Å². The van der Waals surface area contributed by atoms with Gasteiger partial charge < -0.3 is 14.0 Å². The third-order valence-electron chi connectivity index (χ3n) is 2.49. The summed E-state index contributed by atoms with van der Waals surface area (Å²) in [5.74, 6) is 1.86. The van der Waals surface area contributed by atoms with Gasteiger partial charge in [-0.15, -0.1) is 0 Å². The monoisotopic (exact) mass is 262 g/mol. The molecule has 1 aromatic carbocycles. The molecule has 6 nitrogen and oxygen atoms in total. The fourth-order valence-corrected chi connectivity index (χ4v) is 1.58. The Morgan fingerprint density at radius 2 is 2.21 bits per heavy atom. The summed E-state index contributed by atoms with van der Waals surface area (Å²) >= 11 is 0. The number of carbonyl (C=O) groups excluding carboxylic acids is 1. The summed E-state index contributed by atoms with van der Waals surface area (Å²) in [5, 5.41) is 3.66. The number of ether oxygens (including phenoxy) is 2. The van der Waals surface area contributed by atoms with Crippen LogP contribution >= 0.6 is 0 Å². The van der Waals surface area contributed by atoms with Crippen molar-refractivity contribution in [2.24, 2.45) is 0 Å². The second-order valence-electron chi connectivity index (χ2n) is 3.94. The van der Waals surface area contributed by atoms with Gasteiger partial charge in [-0.3, -0.25) is 4.79 Å². The molecule has 6 heteroatoms. The van der Waals surface area contributed by atoms with Crippen LogP contribution in [0, 0.1) is 6.92 Å². The largest absolute Gasteiger partial charge is 0.497 e. The number of hydrogen-bond donors (Lipinski definition) is 0. The van der Waals surface area contributed by atoms with Gasteiger partial charge in [-0.25, -0.2) is 0 Å². The Bertz CT molecular complexity index is 592. The van der Waals surface area contributed by atoms with E-state index in [-0.39, 0.29) is 12.4 Å². The predicted octanol–water partition coefficient (Wildman–Crippen LogP) is 2.17. The lowest BCUT2D eigenvalue weighted by Crippen LogP contribution is -2.02. The summed E-state index contributed by atoms with van der Waals surface area (Å²) in [6.07, 6.45) is 0. The summed E-state index contributed by atoms with van der Waals surface area (Å²) in [5.41, 5.74) is 0.483. The van der Waals surface area contributed by atoms with Gasteiger partial charge >= 0.3 is 0 Å². The van der Waals surface area contributed by atoms with Crippen molar-refractivity contribution in [1.29, 1.82) is 0 Å². The average molecular weight is 262 g/mol. The van der Waals surface area contributed by atoms with Crippen LogP contribution in [0.25, 0.3) is 0 Å². The van der Waals surface area contributed by atoms with E-state index in [4.69, 9.17) is 14.0 Å². The molecule has 0 fully saturated rings. The first kappa shape index (κ1) is 13.1. The smallest absolute Gasteiger partial charge is 0.264 e. The van der Waals surface area contributed by atoms with Gasteiger partial charge in [0.1, 0.15) is 11.5 Å². The maximum atomic E-state index is 11.5. The van der Waals surface area contributed by atoms with Gasteiger partial charge in [0.2, 0.25) is 0 Å². The van der Waals surface area contributed by atoms with Crippen LogP contribution in [0.15, 0.2) is 22.7 Å². The molecule has 0 amide bonds. The lowest BCUT2D eigenvalue weighted by molar-refractivity contribution is 0.101. The highest BCUT2D eigenvalue weighted by Crippen LogP contribution is 2.26. The Labute approximate surface area is 110 Å². The average Bonchev–Trinajstić information content (AvgIpc) is 2.81. The number of hydrogen-bond acceptors (Lipinski definition) is 6. The Hall–Kier alpha value is -2.37. The Balaban J connectivity index is 2.19. The molecular formula is C13H14N2O4. The highest BCUT2D eigenvalue weighted by atomic mass is 16.5. The molecule has 100 valence electrons. The van der Waals surface area contributed by atoms with Crippen LogP contribution in [-0.2, 0) is 6.61 Å².